The van der Waals surface area contributed by atoms with Gasteiger partial charge in [0.05, 0.1) is 19.8 Å². The molecular weight excluding hydrogens is 210 g/mol. The van der Waals surface area contributed by atoms with Crippen molar-refractivity contribution in [3.63, 3.8) is 0 Å². The van der Waals surface area contributed by atoms with Crippen LogP contribution >= 0.6 is 34.8 Å². The van der Waals surface area contributed by atoms with Gasteiger partial charge in [-0.3, -0.25) is 0 Å². The van der Waals surface area contributed by atoms with Crippen LogP contribution in [0.1, 0.15) is 0 Å². The maximum atomic E-state index is 5.86. The molecule has 1 saturated carbocycles. The summed E-state index contributed by atoms with van der Waals surface area (Å²) in [6.45, 7) is 1.51. The lowest BCUT2D eigenvalue weighted by molar-refractivity contribution is -0.104. The first-order chi connectivity index (χ1) is 5.11. The Hall–Kier alpha value is 0.790. The highest BCUT2D eigenvalue weighted by Crippen LogP contribution is 2.63. The largest absolute Gasteiger partial charge is 0.376 e. The fraction of sp³-hybridized carbons (Fsp3) is 1.00. The number of ether oxygens (including phenoxy) is 2. The van der Waals surface area contributed by atoms with Crippen LogP contribution < -0.4 is 0 Å². The monoisotopic (exact) mass is 216 g/mol. The summed E-state index contributed by atoms with van der Waals surface area (Å²) >= 11 is 17.6. The minimum Gasteiger partial charge on any atom is -0.376 e. The van der Waals surface area contributed by atoms with Crippen LogP contribution in [0.25, 0.3) is 0 Å². The second-order valence-electron chi connectivity index (χ2n) is 2.78. The van der Waals surface area contributed by atoms with Gasteiger partial charge in [0, 0.05) is 0 Å². The van der Waals surface area contributed by atoms with Gasteiger partial charge in [-0.2, -0.15) is 0 Å². The second kappa shape index (κ2) is 2.39. The van der Waals surface area contributed by atoms with Crippen LogP contribution in [-0.2, 0) is 9.47 Å². The van der Waals surface area contributed by atoms with Gasteiger partial charge in [-0.25, -0.2) is 0 Å². The van der Waals surface area contributed by atoms with Crippen molar-refractivity contribution in [2.75, 3.05) is 19.8 Å². The molecule has 0 amide bonds. The van der Waals surface area contributed by atoms with Crippen molar-refractivity contribution in [2.24, 2.45) is 0 Å². The molecule has 0 radical (unpaired) electrons. The molecule has 2 unspecified atom stereocenters. The van der Waals surface area contributed by atoms with Gasteiger partial charge >= 0.3 is 0 Å². The molecule has 1 saturated heterocycles. The topological polar surface area (TPSA) is 18.5 Å². The first-order valence-corrected chi connectivity index (χ1v) is 4.54. The molecule has 2 rings (SSSR count). The van der Waals surface area contributed by atoms with E-state index in [1.165, 1.54) is 0 Å². The van der Waals surface area contributed by atoms with Gasteiger partial charge in [0.1, 0.15) is 11.0 Å². The fourth-order valence-corrected chi connectivity index (χ4v) is 2.49. The van der Waals surface area contributed by atoms with Crippen molar-refractivity contribution < 1.29 is 9.47 Å². The van der Waals surface area contributed by atoms with Gasteiger partial charge in [0.25, 0.3) is 0 Å². The van der Waals surface area contributed by atoms with E-state index in [2.05, 4.69) is 0 Å². The van der Waals surface area contributed by atoms with E-state index in [1.807, 2.05) is 0 Å². The van der Waals surface area contributed by atoms with E-state index >= 15 is 0 Å². The third kappa shape index (κ3) is 0.939. The molecule has 1 aliphatic heterocycles. The van der Waals surface area contributed by atoms with E-state index < -0.39 is 9.93 Å². The molecule has 11 heavy (non-hydrogen) atoms. The molecule has 0 bridgehead atoms. The highest BCUT2D eigenvalue weighted by Gasteiger charge is 2.78. The molecule has 64 valence electrons. The van der Waals surface area contributed by atoms with E-state index in [-0.39, 0.29) is 5.38 Å². The molecule has 2 fully saturated rings. The van der Waals surface area contributed by atoms with Crippen LogP contribution in [-0.4, -0.2) is 35.1 Å². The maximum absolute atomic E-state index is 5.86. The summed E-state index contributed by atoms with van der Waals surface area (Å²) in [5.41, 5.74) is -0.643. The molecule has 0 aromatic heterocycles. The van der Waals surface area contributed by atoms with Gasteiger partial charge in [-0.15, -0.1) is 11.6 Å². The minimum atomic E-state index is -0.963. The predicted octanol–water partition coefficient (Wildman–Crippen LogP) is 1.57. The number of halogens is 3. The summed E-state index contributed by atoms with van der Waals surface area (Å²) in [6, 6.07) is 0. The summed E-state index contributed by atoms with van der Waals surface area (Å²) in [6.07, 6.45) is 0. The number of alkyl halides is 3. The van der Waals surface area contributed by atoms with Crippen molar-refractivity contribution >= 4 is 34.8 Å². The van der Waals surface area contributed by atoms with E-state index in [0.717, 1.165) is 0 Å². The Balaban J connectivity index is 2.13. The average molecular weight is 217 g/mol. The summed E-state index contributed by atoms with van der Waals surface area (Å²) in [5, 5.41) is -0.348. The highest BCUT2D eigenvalue weighted by atomic mass is 35.5. The zero-order valence-corrected chi connectivity index (χ0v) is 7.92. The Morgan fingerprint density at radius 3 is 2.18 bits per heavy atom. The van der Waals surface area contributed by atoms with Crippen molar-refractivity contribution in [2.45, 2.75) is 15.3 Å². The summed E-state index contributed by atoms with van der Waals surface area (Å²) in [4.78, 5) is 0. The first kappa shape index (κ1) is 8.39. The van der Waals surface area contributed by atoms with Crippen LogP contribution in [0.15, 0.2) is 0 Å². The van der Waals surface area contributed by atoms with Gasteiger partial charge in [-0.05, 0) is 0 Å². The molecule has 2 aliphatic rings. The summed E-state index contributed by atoms with van der Waals surface area (Å²) in [7, 11) is 0. The van der Waals surface area contributed by atoms with Crippen molar-refractivity contribution in [3.05, 3.63) is 0 Å². The smallest absolute Gasteiger partial charge is 0.170 e. The second-order valence-corrected chi connectivity index (χ2v) is 4.60. The SMILES string of the molecule is ClC1C(Cl)(Cl)C12COCCO2. The van der Waals surface area contributed by atoms with E-state index in [1.54, 1.807) is 0 Å². The maximum Gasteiger partial charge on any atom is 0.170 e. The average Bonchev–Trinajstić information content (AvgIpc) is 2.39. The summed E-state index contributed by atoms with van der Waals surface area (Å²) in [5.74, 6) is 0. The molecule has 1 aliphatic carbocycles. The Labute approximate surface area is 79.7 Å². The van der Waals surface area contributed by atoms with E-state index in [0.29, 0.717) is 19.8 Å². The zero-order valence-electron chi connectivity index (χ0n) is 5.65. The van der Waals surface area contributed by atoms with Crippen molar-refractivity contribution in [1.82, 2.24) is 0 Å². The normalized spacial score (nSPS) is 47.7. The van der Waals surface area contributed by atoms with Crippen LogP contribution in [0.2, 0.25) is 0 Å². The Morgan fingerprint density at radius 2 is 1.91 bits per heavy atom. The fourth-order valence-electron chi connectivity index (χ4n) is 1.28. The Bertz CT molecular complexity index is 177. The quantitative estimate of drug-likeness (QED) is 0.574. The Morgan fingerprint density at radius 1 is 1.27 bits per heavy atom. The Kier molecular flexibility index (Phi) is 1.83. The number of hydrogen-bond donors (Lipinski definition) is 0. The lowest BCUT2D eigenvalue weighted by atomic mass is 10.3. The molecule has 1 heterocycles. The molecule has 2 atom stereocenters. The lowest BCUT2D eigenvalue weighted by Gasteiger charge is -2.23. The summed E-state index contributed by atoms with van der Waals surface area (Å²) < 4.78 is 9.59. The third-order valence-electron chi connectivity index (χ3n) is 2.11. The molecule has 0 N–H and O–H groups in total. The van der Waals surface area contributed by atoms with Crippen molar-refractivity contribution in [1.29, 1.82) is 0 Å². The van der Waals surface area contributed by atoms with Gasteiger partial charge in [-0.1, -0.05) is 23.2 Å². The number of hydrogen-bond acceptors (Lipinski definition) is 2. The van der Waals surface area contributed by atoms with Gasteiger partial charge < -0.3 is 9.47 Å². The standard InChI is InChI=1S/C6H7Cl3O2/c7-4-5(6(4,8)9)3-10-1-2-11-5/h4H,1-3H2. The van der Waals surface area contributed by atoms with Crippen molar-refractivity contribution in [3.8, 4) is 0 Å². The third-order valence-corrected chi connectivity index (χ3v) is 4.09. The van der Waals surface area contributed by atoms with E-state index in [4.69, 9.17) is 44.3 Å². The molecule has 5 heteroatoms. The molecule has 2 nitrogen and oxygen atoms in total. The van der Waals surface area contributed by atoms with Crippen LogP contribution in [0.5, 0.6) is 0 Å². The highest BCUT2D eigenvalue weighted by molar-refractivity contribution is 6.58. The van der Waals surface area contributed by atoms with Crippen LogP contribution in [0.3, 0.4) is 0 Å². The molecular formula is C6H7Cl3O2. The molecule has 0 aromatic rings. The van der Waals surface area contributed by atoms with Gasteiger partial charge in [0.15, 0.2) is 4.33 Å². The minimum absolute atomic E-state index is 0.348. The predicted molar refractivity (Wildman–Crippen MR) is 43.6 cm³/mol. The zero-order chi connectivity index (χ0) is 8.11. The molecule has 1 spiro atoms. The van der Waals surface area contributed by atoms with Gasteiger partial charge in [0.2, 0.25) is 0 Å². The van der Waals surface area contributed by atoms with E-state index in [9.17, 15) is 0 Å². The molecule has 0 aromatic carbocycles. The number of rotatable bonds is 0. The first-order valence-electron chi connectivity index (χ1n) is 3.35. The van der Waals surface area contributed by atoms with Crippen LogP contribution in [0, 0.1) is 0 Å². The lowest BCUT2D eigenvalue weighted by Crippen LogP contribution is -2.35. The van der Waals surface area contributed by atoms with Crippen LogP contribution in [0.4, 0.5) is 0 Å².